The fourth-order valence-electron chi connectivity index (χ4n) is 1.43. The Bertz CT molecular complexity index is 724. The van der Waals surface area contributed by atoms with Gasteiger partial charge in [0.1, 0.15) is 11.9 Å². The third-order valence-electron chi connectivity index (χ3n) is 2.43. The molecule has 1 N–H and O–H groups in total. The summed E-state index contributed by atoms with van der Waals surface area (Å²) < 4.78 is 24.3. The van der Waals surface area contributed by atoms with Gasteiger partial charge in [0.25, 0.3) is 5.69 Å². The smallest absolute Gasteiger partial charge is 0.287 e. The summed E-state index contributed by atoms with van der Waals surface area (Å²) in [6.45, 7) is 0. The van der Waals surface area contributed by atoms with Crippen LogP contribution < -0.4 is 4.74 Å². The summed E-state index contributed by atoms with van der Waals surface area (Å²) in [7, 11) is -2.75. The molecule has 20 heavy (non-hydrogen) atoms. The van der Waals surface area contributed by atoms with E-state index >= 15 is 0 Å². The van der Waals surface area contributed by atoms with Crippen LogP contribution in [0, 0.1) is 14.9 Å². The van der Waals surface area contributed by atoms with Gasteiger partial charge in [-0.3, -0.25) is 10.1 Å². The number of aromatic nitrogens is 1. The Morgan fingerprint density at radius 3 is 2.35 bits per heavy atom. The Kier molecular flexibility index (Phi) is 3.66. The van der Waals surface area contributed by atoms with E-state index in [0.29, 0.717) is 10.6 Å². The van der Waals surface area contributed by atoms with Gasteiger partial charge in [-0.25, -0.2) is 14.0 Å². The highest BCUT2D eigenvalue weighted by atomic mass is 32.2. The topological polar surface area (TPSA) is 106 Å². The van der Waals surface area contributed by atoms with E-state index in [4.69, 9.17) is 9.52 Å². The van der Waals surface area contributed by atoms with Gasteiger partial charge >= 0.3 is 0 Å². The van der Waals surface area contributed by atoms with Crippen molar-refractivity contribution in [3.8, 4) is 11.6 Å². The molecule has 104 valence electrons. The summed E-state index contributed by atoms with van der Waals surface area (Å²) in [4.78, 5) is 14.2. The summed E-state index contributed by atoms with van der Waals surface area (Å²) in [5.41, 5.74) is -0.118. The van der Waals surface area contributed by atoms with Crippen molar-refractivity contribution in [2.75, 3.05) is 6.26 Å². The first-order chi connectivity index (χ1) is 9.36. The molecule has 1 aromatic carbocycles. The van der Waals surface area contributed by atoms with E-state index < -0.39 is 14.7 Å². The van der Waals surface area contributed by atoms with Crippen LogP contribution in [0.5, 0.6) is 11.6 Å². The lowest BCUT2D eigenvalue weighted by Crippen LogP contribution is -1.95. The first-order valence-corrected chi connectivity index (χ1v) is 7.45. The Hall–Kier alpha value is -2.48. The standard InChI is InChI=1S/C12H11N3O4S/c1-20(13,18)11-5-3-10(4-6-11)19-12-7-2-9(8-14-12)15(16)17/h2-8,13H,1H3/t20-/m1/s1. The molecular weight excluding hydrogens is 282 g/mol. The summed E-state index contributed by atoms with van der Waals surface area (Å²) in [6.07, 6.45) is 2.44. The minimum atomic E-state index is -2.75. The maximum atomic E-state index is 11.5. The average Bonchev–Trinajstić information content (AvgIpc) is 2.39. The maximum Gasteiger partial charge on any atom is 0.287 e. The molecule has 7 nitrogen and oxygen atoms in total. The van der Waals surface area contributed by atoms with Gasteiger partial charge in [-0.15, -0.1) is 0 Å². The maximum absolute atomic E-state index is 11.5. The first kappa shape index (κ1) is 13.9. The van der Waals surface area contributed by atoms with Gasteiger partial charge in [0.15, 0.2) is 0 Å². The van der Waals surface area contributed by atoms with Crippen LogP contribution in [0.3, 0.4) is 0 Å². The third-order valence-corrected chi connectivity index (χ3v) is 3.60. The van der Waals surface area contributed by atoms with Crippen LogP contribution in [0.4, 0.5) is 5.69 Å². The fraction of sp³-hybridized carbons (Fsp3) is 0.0833. The van der Waals surface area contributed by atoms with Crippen molar-refractivity contribution < 1.29 is 13.9 Å². The first-order valence-electron chi connectivity index (χ1n) is 5.48. The lowest BCUT2D eigenvalue weighted by molar-refractivity contribution is -0.385. The molecule has 0 spiro atoms. The minimum absolute atomic E-state index is 0.118. The molecule has 0 aliphatic carbocycles. The molecule has 1 atom stereocenters. The zero-order valence-corrected chi connectivity index (χ0v) is 11.3. The van der Waals surface area contributed by atoms with Crippen LogP contribution in [-0.4, -0.2) is 20.4 Å². The van der Waals surface area contributed by atoms with Gasteiger partial charge in [0, 0.05) is 23.3 Å². The zero-order valence-electron chi connectivity index (χ0n) is 10.5. The van der Waals surface area contributed by atoms with Crippen LogP contribution in [0.2, 0.25) is 0 Å². The van der Waals surface area contributed by atoms with E-state index in [9.17, 15) is 14.3 Å². The lowest BCUT2D eigenvalue weighted by Gasteiger charge is -2.05. The van der Waals surface area contributed by atoms with E-state index in [2.05, 4.69) is 4.98 Å². The van der Waals surface area contributed by atoms with Crippen molar-refractivity contribution in [3.05, 3.63) is 52.7 Å². The molecule has 0 unspecified atom stereocenters. The molecule has 0 saturated heterocycles. The molecule has 0 aliphatic heterocycles. The van der Waals surface area contributed by atoms with Crippen molar-refractivity contribution in [1.29, 1.82) is 4.78 Å². The number of nitrogens with zero attached hydrogens (tertiary/aromatic N) is 2. The fourth-order valence-corrected chi connectivity index (χ4v) is 2.08. The number of hydrogen-bond donors (Lipinski definition) is 1. The second kappa shape index (κ2) is 5.25. The number of nitrogens with one attached hydrogen (secondary N) is 1. The number of benzene rings is 1. The van der Waals surface area contributed by atoms with Gasteiger partial charge in [-0.2, -0.15) is 0 Å². The van der Waals surface area contributed by atoms with Gasteiger partial charge < -0.3 is 4.74 Å². The second-order valence-electron chi connectivity index (χ2n) is 4.03. The number of nitro groups is 1. The largest absolute Gasteiger partial charge is 0.439 e. The SMILES string of the molecule is C[S@@](=N)(=O)c1ccc(Oc2ccc([N+](=O)[O-])cn2)cc1. The van der Waals surface area contributed by atoms with Gasteiger partial charge in [0.05, 0.1) is 14.7 Å². The molecule has 2 rings (SSSR count). The molecule has 1 heterocycles. The van der Waals surface area contributed by atoms with Gasteiger partial charge in [-0.1, -0.05) is 0 Å². The molecule has 2 aromatic rings. The molecule has 0 radical (unpaired) electrons. The Morgan fingerprint density at radius 2 is 1.90 bits per heavy atom. The van der Waals surface area contributed by atoms with Gasteiger partial charge in [0.2, 0.25) is 5.88 Å². The second-order valence-corrected chi connectivity index (χ2v) is 6.19. The van der Waals surface area contributed by atoms with Crippen LogP contribution in [0.1, 0.15) is 0 Å². The average molecular weight is 293 g/mol. The number of hydrogen-bond acceptors (Lipinski definition) is 6. The highest BCUT2D eigenvalue weighted by Crippen LogP contribution is 2.22. The van der Waals surface area contributed by atoms with Crippen molar-refractivity contribution >= 4 is 15.4 Å². The van der Waals surface area contributed by atoms with Crippen molar-refractivity contribution in [1.82, 2.24) is 4.98 Å². The Morgan fingerprint density at radius 1 is 1.25 bits per heavy atom. The molecule has 0 fully saturated rings. The summed E-state index contributed by atoms with van der Waals surface area (Å²) in [5.74, 6) is 0.658. The zero-order chi connectivity index (χ0) is 14.8. The van der Waals surface area contributed by atoms with Crippen LogP contribution in [-0.2, 0) is 9.73 Å². The molecule has 0 bridgehead atoms. The molecule has 1 aromatic heterocycles. The van der Waals surface area contributed by atoms with E-state index in [1.165, 1.54) is 30.5 Å². The number of pyridine rings is 1. The van der Waals surface area contributed by atoms with Crippen LogP contribution >= 0.6 is 0 Å². The van der Waals surface area contributed by atoms with E-state index in [0.717, 1.165) is 6.20 Å². The Labute approximate surface area is 115 Å². The highest BCUT2D eigenvalue weighted by Gasteiger charge is 2.07. The molecule has 0 amide bonds. The number of ether oxygens (including phenoxy) is 1. The molecular formula is C12H11N3O4S. The highest BCUT2D eigenvalue weighted by molar-refractivity contribution is 7.91. The predicted octanol–water partition coefficient (Wildman–Crippen LogP) is 2.82. The summed E-state index contributed by atoms with van der Waals surface area (Å²) in [6, 6.07) is 8.89. The van der Waals surface area contributed by atoms with E-state index in [1.54, 1.807) is 12.1 Å². The van der Waals surface area contributed by atoms with Crippen molar-refractivity contribution in [2.24, 2.45) is 0 Å². The quantitative estimate of drug-likeness (QED) is 0.689. The monoisotopic (exact) mass is 293 g/mol. The lowest BCUT2D eigenvalue weighted by atomic mass is 10.3. The molecule has 0 aliphatic rings. The van der Waals surface area contributed by atoms with Gasteiger partial charge in [-0.05, 0) is 24.3 Å². The summed E-state index contributed by atoms with van der Waals surface area (Å²) >= 11 is 0. The summed E-state index contributed by atoms with van der Waals surface area (Å²) in [5, 5.41) is 10.5. The minimum Gasteiger partial charge on any atom is -0.439 e. The van der Waals surface area contributed by atoms with Crippen molar-refractivity contribution in [2.45, 2.75) is 4.90 Å². The Balaban J connectivity index is 2.16. The van der Waals surface area contributed by atoms with Crippen LogP contribution in [0.15, 0.2) is 47.5 Å². The molecule has 8 heteroatoms. The normalized spacial score (nSPS) is 13.4. The van der Waals surface area contributed by atoms with E-state index in [1.807, 2.05) is 0 Å². The van der Waals surface area contributed by atoms with E-state index in [-0.39, 0.29) is 11.6 Å². The third kappa shape index (κ3) is 3.29. The van der Waals surface area contributed by atoms with Crippen molar-refractivity contribution in [3.63, 3.8) is 0 Å². The van der Waals surface area contributed by atoms with Crippen LogP contribution in [0.25, 0.3) is 0 Å². The number of rotatable bonds is 4. The predicted molar refractivity (Wildman–Crippen MR) is 72.5 cm³/mol. The molecule has 0 saturated carbocycles.